The Morgan fingerprint density at radius 3 is 3.00 bits per heavy atom. The predicted octanol–water partition coefficient (Wildman–Crippen LogP) is 1.03. The smallest absolute Gasteiger partial charge is 0.212 e. The maximum atomic E-state index is 5.37. The van der Waals surface area contributed by atoms with Gasteiger partial charge in [0.05, 0.1) is 25.5 Å². The van der Waals surface area contributed by atoms with Crippen molar-refractivity contribution in [3.63, 3.8) is 0 Å². The summed E-state index contributed by atoms with van der Waals surface area (Å²) in [4.78, 5) is 15.9. The van der Waals surface area contributed by atoms with Crippen LogP contribution in [0.15, 0.2) is 24.1 Å². The fraction of sp³-hybridized carbons (Fsp3) is 0.385. The van der Waals surface area contributed by atoms with Crippen LogP contribution in [-0.4, -0.2) is 50.9 Å². The quantitative estimate of drug-likeness (QED) is 0.769. The standard InChI is InChI=1S/C13H15N7OS/c1-3-21-4-2-19(1)12-5-11(15-8-16-12)14-6-10-7-22-13-17-9-18-20(10)13/h5,7-9H,1-4,6H2,(H,14,15,16). The average Bonchev–Trinajstić information content (AvgIpc) is 3.18. The number of morpholine rings is 1. The zero-order valence-electron chi connectivity index (χ0n) is 11.8. The van der Waals surface area contributed by atoms with E-state index in [2.05, 4.69) is 30.3 Å². The number of aromatic nitrogens is 5. The lowest BCUT2D eigenvalue weighted by atomic mass is 10.4. The molecule has 0 aromatic carbocycles. The number of nitrogens with zero attached hydrogens (tertiary/aromatic N) is 6. The number of thiazole rings is 1. The Balaban J connectivity index is 1.47. The van der Waals surface area contributed by atoms with E-state index in [0.717, 1.165) is 48.6 Å². The van der Waals surface area contributed by atoms with E-state index in [4.69, 9.17) is 4.74 Å². The molecule has 4 heterocycles. The highest BCUT2D eigenvalue weighted by Crippen LogP contribution is 2.17. The van der Waals surface area contributed by atoms with E-state index in [1.54, 1.807) is 24.0 Å². The first-order valence-electron chi connectivity index (χ1n) is 7.05. The lowest BCUT2D eigenvalue weighted by Gasteiger charge is -2.27. The van der Waals surface area contributed by atoms with Crippen molar-refractivity contribution >= 4 is 27.9 Å². The molecule has 22 heavy (non-hydrogen) atoms. The highest BCUT2D eigenvalue weighted by molar-refractivity contribution is 7.15. The lowest BCUT2D eigenvalue weighted by molar-refractivity contribution is 0.122. The minimum Gasteiger partial charge on any atom is -0.378 e. The first kappa shape index (κ1) is 13.4. The van der Waals surface area contributed by atoms with Crippen molar-refractivity contribution in [1.82, 2.24) is 24.6 Å². The minimum atomic E-state index is 0.642. The van der Waals surface area contributed by atoms with Crippen LogP contribution >= 0.6 is 11.3 Å². The van der Waals surface area contributed by atoms with Gasteiger partial charge in [0, 0.05) is 24.5 Å². The molecule has 0 bridgehead atoms. The van der Waals surface area contributed by atoms with Gasteiger partial charge in [-0.1, -0.05) is 0 Å². The molecule has 0 unspecified atom stereocenters. The molecule has 0 spiro atoms. The van der Waals surface area contributed by atoms with Gasteiger partial charge in [-0.25, -0.2) is 19.5 Å². The minimum absolute atomic E-state index is 0.642. The number of hydrogen-bond donors (Lipinski definition) is 1. The summed E-state index contributed by atoms with van der Waals surface area (Å²) in [7, 11) is 0. The summed E-state index contributed by atoms with van der Waals surface area (Å²) in [5.74, 6) is 1.73. The van der Waals surface area contributed by atoms with Crippen LogP contribution in [0.2, 0.25) is 0 Å². The first-order chi connectivity index (χ1) is 10.9. The third kappa shape index (κ3) is 2.60. The van der Waals surface area contributed by atoms with Crippen molar-refractivity contribution < 1.29 is 4.74 Å². The molecule has 0 radical (unpaired) electrons. The van der Waals surface area contributed by atoms with E-state index < -0.39 is 0 Å². The third-order valence-corrected chi connectivity index (χ3v) is 4.41. The average molecular weight is 317 g/mol. The molecule has 1 N–H and O–H groups in total. The molecule has 1 aliphatic heterocycles. The van der Waals surface area contributed by atoms with E-state index >= 15 is 0 Å². The van der Waals surface area contributed by atoms with Gasteiger partial charge in [-0.05, 0) is 0 Å². The Kier molecular flexibility index (Phi) is 3.57. The van der Waals surface area contributed by atoms with Gasteiger partial charge in [0.15, 0.2) is 0 Å². The number of rotatable bonds is 4. The van der Waals surface area contributed by atoms with Gasteiger partial charge >= 0.3 is 0 Å². The van der Waals surface area contributed by atoms with Crippen LogP contribution in [0.4, 0.5) is 11.6 Å². The van der Waals surface area contributed by atoms with Gasteiger partial charge in [-0.2, -0.15) is 5.10 Å². The van der Waals surface area contributed by atoms with Crippen molar-refractivity contribution in [3.05, 3.63) is 29.8 Å². The van der Waals surface area contributed by atoms with Gasteiger partial charge in [0.2, 0.25) is 4.96 Å². The Morgan fingerprint density at radius 2 is 2.09 bits per heavy atom. The number of ether oxygens (including phenoxy) is 1. The second-order valence-corrected chi connectivity index (χ2v) is 5.73. The fourth-order valence-corrected chi connectivity index (χ4v) is 3.18. The molecule has 3 aromatic heterocycles. The van der Waals surface area contributed by atoms with E-state index in [0.29, 0.717) is 6.54 Å². The lowest BCUT2D eigenvalue weighted by Crippen LogP contribution is -2.36. The molecule has 0 aliphatic carbocycles. The largest absolute Gasteiger partial charge is 0.378 e. The molecule has 9 heteroatoms. The summed E-state index contributed by atoms with van der Waals surface area (Å²) in [5, 5.41) is 9.57. The van der Waals surface area contributed by atoms with Gasteiger partial charge in [-0.3, -0.25) is 0 Å². The predicted molar refractivity (Wildman–Crippen MR) is 83.3 cm³/mol. The van der Waals surface area contributed by atoms with E-state index in [-0.39, 0.29) is 0 Å². The van der Waals surface area contributed by atoms with Crippen LogP contribution in [0.5, 0.6) is 0 Å². The molecule has 3 aromatic rings. The Bertz CT molecular complexity index is 764. The zero-order valence-corrected chi connectivity index (χ0v) is 12.7. The molecule has 8 nitrogen and oxygen atoms in total. The number of fused-ring (bicyclic) bond motifs is 1. The fourth-order valence-electron chi connectivity index (χ4n) is 2.39. The van der Waals surface area contributed by atoms with Crippen LogP contribution in [0.25, 0.3) is 4.96 Å². The zero-order chi connectivity index (χ0) is 14.8. The highest BCUT2D eigenvalue weighted by Gasteiger charge is 2.13. The summed E-state index contributed by atoms with van der Waals surface area (Å²) in [5.41, 5.74) is 1.06. The third-order valence-electron chi connectivity index (χ3n) is 3.53. The van der Waals surface area contributed by atoms with Crippen LogP contribution < -0.4 is 10.2 Å². The monoisotopic (exact) mass is 317 g/mol. The Labute approximate surface area is 130 Å². The van der Waals surface area contributed by atoms with Crippen molar-refractivity contribution in [1.29, 1.82) is 0 Å². The number of anilines is 2. The van der Waals surface area contributed by atoms with Crippen molar-refractivity contribution in [2.24, 2.45) is 0 Å². The normalized spacial score (nSPS) is 15.4. The maximum Gasteiger partial charge on any atom is 0.212 e. The second-order valence-electron chi connectivity index (χ2n) is 4.90. The molecule has 114 valence electrons. The van der Waals surface area contributed by atoms with E-state index in [1.807, 2.05) is 16.0 Å². The van der Waals surface area contributed by atoms with Crippen LogP contribution in [0.3, 0.4) is 0 Å². The van der Waals surface area contributed by atoms with Crippen molar-refractivity contribution in [2.75, 3.05) is 36.5 Å². The van der Waals surface area contributed by atoms with Crippen LogP contribution in [-0.2, 0) is 11.3 Å². The molecule has 4 rings (SSSR count). The molecule has 1 fully saturated rings. The van der Waals surface area contributed by atoms with Crippen LogP contribution in [0.1, 0.15) is 5.69 Å². The summed E-state index contributed by atoms with van der Waals surface area (Å²) in [6.07, 6.45) is 3.16. The maximum absolute atomic E-state index is 5.37. The molecule has 1 aliphatic rings. The Morgan fingerprint density at radius 1 is 1.18 bits per heavy atom. The van der Waals surface area contributed by atoms with Crippen molar-refractivity contribution in [2.45, 2.75) is 6.54 Å². The van der Waals surface area contributed by atoms with Gasteiger partial charge < -0.3 is 15.0 Å². The topological polar surface area (TPSA) is 80.5 Å². The summed E-state index contributed by atoms with van der Waals surface area (Å²) in [6.45, 7) is 3.85. The van der Waals surface area contributed by atoms with Gasteiger partial charge in [0.1, 0.15) is 24.3 Å². The molecule has 0 saturated carbocycles. The molecular formula is C13H15N7OS. The molecular weight excluding hydrogens is 302 g/mol. The van der Waals surface area contributed by atoms with Crippen molar-refractivity contribution in [3.8, 4) is 0 Å². The SMILES string of the molecule is c1nc(NCc2csc3ncnn23)cc(N2CCOCC2)n1. The second kappa shape index (κ2) is 5.85. The molecule has 0 atom stereocenters. The first-order valence-corrected chi connectivity index (χ1v) is 7.93. The Hall–Kier alpha value is -2.26. The number of hydrogen-bond acceptors (Lipinski definition) is 8. The van der Waals surface area contributed by atoms with Gasteiger partial charge in [-0.15, -0.1) is 11.3 Å². The van der Waals surface area contributed by atoms with Crippen LogP contribution in [0, 0.1) is 0 Å². The summed E-state index contributed by atoms with van der Waals surface area (Å²) >= 11 is 1.58. The summed E-state index contributed by atoms with van der Waals surface area (Å²) < 4.78 is 7.20. The summed E-state index contributed by atoms with van der Waals surface area (Å²) in [6, 6.07) is 1.97. The highest BCUT2D eigenvalue weighted by atomic mass is 32.1. The molecule has 1 saturated heterocycles. The van der Waals surface area contributed by atoms with E-state index in [9.17, 15) is 0 Å². The number of nitrogens with one attached hydrogen (secondary N) is 1. The molecule has 0 amide bonds. The van der Waals surface area contributed by atoms with E-state index in [1.165, 1.54) is 0 Å². The van der Waals surface area contributed by atoms with Gasteiger partial charge in [0.25, 0.3) is 0 Å².